The number of carbonyl (C=O) groups excluding carboxylic acids is 1. The van der Waals surface area contributed by atoms with Gasteiger partial charge in [-0.05, 0) is 30.3 Å². The number of nitrogens with zero attached hydrogens (tertiary/aromatic N) is 2. The monoisotopic (exact) mass is 485 g/mol. The van der Waals surface area contributed by atoms with Crippen LogP contribution in [0.2, 0.25) is 5.02 Å². The van der Waals surface area contributed by atoms with Gasteiger partial charge in [-0.1, -0.05) is 45.7 Å². The summed E-state index contributed by atoms with van der Waals surface area (Å²) in [4.78, 5) is 14.7. The lowest BCUT2D eigenvalue weighted by Crippen LogP contribution is -2.50. The van der Waals surface area contributed by atoms with Gasteiger partial charge in [0.25, 0.3) is 5.91 Å². The molecule has 0 aliphatic carbocycles. The lowest BCUT2D eigenvalue weighted by molar-refractivity contribution is 0.0945. The Bertz CT molecular complexity index is 933. The largest absolute Gasteiger partial charge is 0.351 e. The second kappa shape index (κ2) is 9.37. The van der Waals surface area contributed by atoms with E-state index in [-0.39, 0.29) is 5.91 Å². The predicted octanol–water partition coefficient (Wildman–Crippen LogP) is 2.84. The van der Waals surface area contributed by atoms with Crippen LogP contribution in [0.1, 0.15) is 10.4 Å². The van der Waals surface area contributed by atoms with Crippen LogP contribution in [0.3, 0.4) is 0 Å². The van der Waals surface area contributed by atoms with E-state index in [9.17, 15) is 13.2 Å². The molecule has 0 bridgehead atoms. The van der Waals surface area contributed by atoms with E-state index in [4.69, 9.17) is 11.6 Å². The third-order valence-electron chi connectivity index (χ3n) is 4.60. The minimum Gasteiger partial charge on any atom is -0.351 e. The van der Waals surface area contributed by atoms with Crippen molar-refractivity contribution in [3.8, 4) is 0 Å². The average Bonchev–Trinajstić information content (AvgIpc) is 2.71. The number of hydrogen-bond donors (Lipinski definition) is 1. The van der Waals surface area contributed by atoms with E-state index < -0.39 is 10.0 Å². The van der Waals surface area contributed by atoms with E-state index in [0.29, 0.717) is 54.8 Å². The topological polar surface area (TPSA) is 69.7 Å². The Hall–Kier alpha value is -1.45. The first kappa shape index (κ1) is 21.3. The molecule has 1 aliphatic rings. The van der Waals surface area contributed by atoms with Crippen LogP contribution >= 0.6 is 27.5 Å². The molecular formula is C19H21BrClN3O3S. The second-order valence-electron chi connectivity index (χ2n) is 6.44. The molecule has 0 unspecified atom stereocenters. The van der Waals surface area contributed by atoms with E-state index in [1.54, 1.807) is 48.5 Å². The van der Waals surface area contributed by atoms with Gasteiger partial charge in [0, 0.05) is 43.7 Å². The summed E-state index contributed by atoms with van der Waals surface area (Å²) in [7, 11) is -3.45. The van der Waals surface area contributed by atoms with Gasteiger partial charge in [-0.3, -0.25) is 9.69 Å². The number of nitrogens with one attached hydrogen (secondary N) is 1. The SMILES string of the molecule is O=C(NCCN1CCN(S(=O)(=O)c2ccccc2)CC1)c1cc(Br)ccc1Cl. The predicted molar refractivity (Wildman–Crippen MR) is 113 cm³/mol. The number of carbonyl (C=O) groups is 1. The minimum atomic E-state index is -3.45. The fraction of sp³-hybridized carbons (Fsp3) is 0.316. The highest BCUT2D eigenvalue weighted by Gasteiger charge is 2.28. The van der Waals surface area contributed by atoms with Crippen LogP contribution in [0.25, 0.3) is 0 Å². The summed E-state index contributed by atoms with van der Waals surface area (Å²) in [6.07, 6.45) is 0. The number of amides is 1. The van der Waals surface area contributed by atoms with Crippen molar-refractivity contribution in [3.05, 3.63) is 63.6 Å². The van der Waals surface area contributed by atoms with Crippen LogP contribution in [0.15, 0.2) is 57.9 Å². The molecule has 1 saturated heterocycles. The van der Waals surface area contributed by atoms with Gasteiger partial charge in [0.15, 0.2) is 0 Å². The first-order valence-corrected chi connectivity index (χ1v) is 11.5. The maximum atomic E-state index is 12.6. The van der Waals surface area contributed by atoms with Gasteiger partial charge in [0.05, 0.1) is 15.5 Å². The average molecular weight is 487 g/mol. The second-order valence-corrected chi connectivity index (χ2v) is 9.70. The van der Waals surface area contributed by atoms with Crippen LogP contribution in [0.4, 0.5) is 0 Å². The Morgan fingerprint density at radius 3 is 2.43 bits per heavy atom. The van der Waals surface area contributed by atoms with Crippen molar-refractivity contribution in [1.29, 1.82) is 0 Å². The Morgan fingerprint density at radius 1 is 1.07 bits per heavy atom. The number of hydrogen-bond acceptors (Lipinski definition) is 4. The van der Waals surface area contributed by atoms with Crippen molar-refractivity contribution < 1.29 is 13.2 Å². The number of rotatable bonds is 6. The fourth-order valence-electron chi connectivity index (χ4n) is 3.03. The molecule has 1 amide bonds. The van der Waals surface area contributed by atoms with Crippen LogP contribution in [-0.2, 0) is 10.0 Å². The van der Waals surface area contributed by atoms with Crippen molar-refractivity contribution in [1.82, 2.24) is 14.5 Å². The fourth-order valence-corrected chi connectivity index (χ4v) is 5.04. The molecule has 0 aromatic heterocycles. The summed E-state index contributed by atoms with van der Waals surface area (Å²) in [6.45, 7) is 3.23. The molecule has 1 heterocycles. The Labute approximate surface area is 178 Å². The van der Waals surface area contributed by atoms with Gasteiger partial charge in [-0.15, -0.1) is 0 Å². The maximum Gasteiger partial charge on any atom is 0.252 e. The minimum absolute atomic E-state index is 0.225. The third kappa shape index (κ3) is 5.12. The molecule has 1 N–H and O–H groups in total. The molecule has 3 rings (SSSR count). The van der Waals surface area contributed by atoms with Crippen LogP contribution in [0.5, 0.6) is 0 Å². The van der Waals surface area contributed by atoms with Gasteiger partial charge in [-0.25, -0.2) is 8.42 Å². The summed E-state index contributed by atoms with van der Waals surface area (Å²) in [6, 6.07) is 13.6. The molecule has 0 atom stereocenters. The first-order chi connectivity index (χ1) is 13.4. The molecule has 0 saturated carbocycles. The van der Waals surface area contributed by atoms with Crippen LogP contribution in [-0.4, -0.2) is 62.8 Å². The highest BCUT2D eigenvalue weighted by Crippen LogP contribution is 2.21. The molecule has 28 heavy (non-hydrogen) atoms. The Morgan fingerprint density at radius 2 is 1.75 bits per heavy atom. The standard InChI is InChI=1S/C19H21BrClN3O3S/c20-15-6-7-18(21)17(14-15)19(25)22-8-9-23-10-12-24(13-11-23)28(26,27)16-4-2-1-3-5-16/h1-7,14H,8-13H2,(H,22,25). The van der Waals surface area contributed by atoms with Gasteiger partial charge < -0.3 is 5.32 Å². The lowest BCUT2D eigenvalue weighted by Gasteiger charge is -2.33. The number of sulfonamides is 1. The van der Waals surface area contributed by atoms with Gasteiger partial charge in [0.2, 0.25) is 10.0 Å². The van der Waals surface area contributed by atoms with E-state index >= 15 is 0 Å². The van der Waals surface area contributed by atoms with Crippen molar-refractivity contribution in [2.45, 2.75) is 4.90 Å². The van der Waals surface area contributed by atoms with Crippen molar-refractivity contribution in [3.63, 3.8) is 0 Å². The molecule has 150 valence electrons. The number of benzene rings is 2. The molecule has 0 radical (unpaired) electrons. The van der Waals surface area contributed by atoms with Gasteiger partial charge in [0.1, 0.15) is 0 Å². The molecule has 1 fully saturated rings. The van der Waals surface area contributed by atoms with Crippen LogP contribution < -0.4 is 5.32 Å². The molecule has 2 aromatic carbocycles. The first-order valence-electron chi connectivity index (χ1n) is 8.89. The van der Waals surface area contributed by atoms with E-state index in [1.807, 2.05) is 0 Å². The van der Waals surface area contributed by atoms with Crippen LogP contribution in [0, 0.1) is 0 Å². The third-order valence-corrected chi connectivity index (χ3v) is 7.33. The summed E-state index contributed by atoms with van der Waals surface area (Å²) in [5, 5.41) is 3.27. The number of halogens is 2. The highest BCUT2D eigenvalue weighted by molar-refractivity contribution is 9.10. The van der Waals surface area contributed by atoms with E-state index in [0.717, 1.165) is 4.47 Å². The molecular weight excluding hydrogens is 466 g/mol. The Balaban J connectivity index is 1.47. The zero-order chi connectivity index (χ0) is 20.1. The van der Waals surface area contributed by atoms with Gasteiger partial charge >= 0.3 is 0 Å². The number of piperazine rings is 1. The quantitative estimate of drug-likeness (QED) is 0.682. The molecule has 0 spiro atoms. The summed E-state index contributed by atoms with van der Waals surface area (Å²) >= 11 is 9.41. The highest BCUT2D eigenvalue weighted by atomic mass is 79.9. The smallest absolute Gasteiger partial charge is 0.252 e. The molecule has 6 nitrogen and oxygen atoms in total. The molecule has 2 aromatic rings. The molecule has 9 heteroatoms. The lowest BCUT2D eigenvalue weighted by atomic mass is 10.2. The normalized spacial score (nSPS) is 16.1. The maximum absolute atomic E-state index is 12.6. The zero-order valence-corrected chi connectivity index (χ0v) is 18.3. The van der Waals surface area contributed by atoms with Crippen molar-refractivity contribution >= 4 is 43.5 Å². The van der Waals surface area contributed by atoms with Crippen molar-refractivity contribution in [2.24, 2.45) is 0 Å². The van der Waals surface area contributed by atoms with Gasteiger partial charge in [-0.2, -0.15) is 4.31 Å². The zero-order valence-electron chi connectivity index (χ0n) is 15.1. The summed E-state index contributed by atoms with van der Waals surface area (Å²) < 4.78 is 27.6. The molecule has 1 aliphatic heterocycles. The van der Waals surface area contributed by atoms with Crippen molar-refractivity contribution in [2.75, 3.05) is 39.3 Å². The van der Waals surface area contributed by atoms with E-state index in [2.05, 4.69) is 26.1 Å². The Kier molecular flexibility index (Phi) is 7.11. The summed E-state index contributed by atoms with van der Waals surface area (Å²) in [5.74, 6) is -0.225. The van der Waals surface area contributed by atoms with E-state index in [1.165, 1.54) is 4.31 Å². The summed E-state index contributed by atoms with van der Waals surface area (Å²) in [5.41, 5.74) is 0.426.